The van der Waals surface area contributed by atoms with Crippen molar-refractivity contribution < 1.29 is 8.78 Å². The van der Waals surface area contributed by atoms with Gasteiger partial charge < -0.3 is 0 Å². The second-order valence-electron chi connectivity index (χ2n) is 2.18. The molecule has 1 aromatic rings. The molecule has 0 nitrogen and oxygen atoms in total. The summed E-state index contributed by atoms with van der Waals surface area (Å²) in [5.41, 5.74) is 1.09. The first-order chi connectivity index (χ1) is 5.24. The zero-order valence-electron chi connectivity index (χ0n) is 5.73. The van der Waals surface area contributed by atoms with Gasteiger partial charge in [0.15, 0.2) is 0 Å². The third-order valence-corrected chi connectivity index (χ3v) is 2.03. The summed E-state index contributed by atoms with van der Waals surface area (Å²) in [4.78, 5) is 0. The minimum absolute atomic E-state index is 0.0784. The molecule has 0 unspecified atom stereocenters. The number of hydrogen-bond donors (Lipinski definition) is 0. The van der Waals surface area contributed by atoms with Gasteiger partial charge in [-0.05, 0) is 5.56 Å². The molecule has 60 valence electrons. The summed E-state index contributed by atoms with van der Waals surface area (Å²) in [5.74, 6) is 0. The van der Waals surface area contributed by atoms with E-state index in [2.05, 4.69) is 15.9 Å². The first-order valence-electron chi connectivity index (χ1n) is 3.17. The zero-order valence-corrected chi connectivity index (χ0v) is 7.31. The maximum atomic E-state index is 12.0. The van der Waals surface area contributed by atoms with Gasteiger partial charge in [-0.25, -0.2) is 8.78 Å². The quantitative estimate of drug-likeness (QED) is 0.670. The predicted octanol–water partition coefficient (Wildman–Crippen LogP) is 3.52. The Kier molecular flexibility index (Phi) is 3.00. The van der Waals surface area contributed by atoms with Gasteiger partial charge in [-0.3, -0.25) is 0 Å². The molecule has 0 N–H and O–H groups in total. The molecule has 0 aliphatic carbocycles. The molecule has 0 heterocycles. The van der Waals surface area contributed by atoms with Gasteiger partial charge in [0, 0.05) is 10.9 Å². The van der Waals surface area contributed by atoms with E-state index in [1.54, 1.807) is 12.1 Å². The molecule has 3 heteroatoms. The molecular weight excluding hydrogens is 214 g/mol. The van der Waals surface area contributed by atoms with Crippen molar-refractivity contribution in [1.82, 2.24) is 0 Å². The van der Waals surface area contributed by atoms with Gasteiger partial charge in [0.05, 0.1) is 0 Å². The van der Waals surface area contributed by atoms with Gasteiger partial charge in [0.25, 0.3) is 6.43 Å². The summed E-state index contributed by atoms with van der Waals surface area (Å²) in [5, 5.41) is 0.705. The van der Waals surface area contributed by atoms with Crippen LogP contribution in [0.15, 0.2) is 24.3 Å². The van der Waals surface area contributed by atoms with E-state index in [0.29, 0.717) is 5.33 Å². The van der Waals surface area contributed by atoms with E-state index >= 15 is 0 Å². The van der Waals surface area contributed by atoms with Crippen LogP contribution in [0.25, 0.3) is 0 Å². The molecule has 0 bridgehead atoms. The predicted molar refractivity (Wildman–Crippen MR) is 44.0 cm³/mol. The number of hydrogen-bond acceptors (Lipinski definition) is 0. The molecule has 0 atom stereocenters. The summed E-state index contributed by atoms with van der Waals surface area (Å²) < 4.78 is 24.0. The van der Waals surface area contributed by atoms with Gasteiger partial charge in [-0.1, -0.05) is 40.2 Å². The van der Waals surface area contributed by atoms with Crippen LogP contribution in [-0.4, -0.2) is 0 Å². The van der Waals surface area contributed by atoms with Crippen LogP contribution in [0, 0.1) is 0 Å². The highest BCUT2D eigenvalue weighted by Crippen LogP contribution is 2.19. The third kappa shape index (κ3) is 2.26. The largest absolute Gasteiger partial charge is 0.263 e. The fraction of sp³-hybridized carbons (Fsp3) is 0.250. The molecule has 0 saturated carbocycles. The number of rotatable bonds is 2. The van der Waals surface area contributed by atoms with Crippen LogP contribution in [0.4, 0.5) is 8.78 Å². The highest BCUT2D eigenvalue weighted by Gasteiger charge is 2.04. The second-order valence-corrected chi connectivity index (χ2v) is 2.74. The van der Waals surface area contributed by atoms with Crippen LogP contribution in [0.1, 0.15) is 17.6 Å². The van der Waals surface area contributed by atoms with Crippen molar-refractivity contribution in [2.45, 2.75) is 11.8 Å². The van der Waals surface area contributed by atoms with Crippen LogP contribution in [0.5, 0.6) is 0 Å². The van der Waals surface area contributed by atoms with Crippen molar-refractivity contribution in [3.8, 4) is 0 Å². The Balaban J connectivity index is 2.83. The molecule has 0 fully saturated rings. The van der Waals surface area contributed by atoms with E-state index in [4.69, 9.17) is 0 Å². The average Bonchev–Trinajstić information content (AvgIpc) is 2.05. The monoisotopic (exact) mass is 220 g/mol. The lowest BCUT2D eigenvalue weighted by Crippen LogP contribution is -1.84. The Labute approximate surface area is 72.4 Å². The number of halogens is 3. The summed E-state index contributed by atoms with van der Waals surface area (Å²) >= 11 is 3.23. The van der Waals surface area contributed by atoms with Gasteiger partial charge in [-0.2, -0.15) is 0 Å². The lowest BCUT2D eigenvalue weighted by atomic mass is 10.2. The lowest BCUT2D eigenvalue weighted by molar-refractivity contribution is 0.151. The minimum atomic E-state index is -2.36. The smallest absolute Gasteiger partial charge is 0.205 e. The summed E-state index contributed by atoms with van der Waals surface area (Å²) in [7, 11) is 0. The highest BCUT2D eigenvalue weighted by molar-refractivity contribution is 9.08. The Morgan fingerprint density at radius 3 is 2.09 bits per heavy atom. The fourth-order valence-electron chi connectivity index (χ4n) is 0.752. The van der Waals surface area contributed by atoms with E-state index in [1.165, 1.54) is 12.1 Å². The van der Waals surface area contributed by atoms with E-state index < -0.39 is 6.43 Å². The topological polar surface area (TPSA) is 0 Å². The summed E-state index contributed by atoms with van der Waals surface area (Å²) in [6.45, 7) is 0. The van der Waals surface area contributed by atoms with Gasteiger partial charge in [0.1, 0.15) is 0 Å². The highest BCUT2D eigenvalue weighted by atomic mass is 79.9. The van der Waals surface area contributed by atoms with E-state index in [9.17, 15) is 8.78 Å². The lowest BCUT2D eigenvalue weighted by Gasteiger charge is -1.99. The summed E-state index contributed by atoms with van der Waals surface area (Å²) in [6.07, 6.45) is -2.36. The first-order valence-corrected chi connectivity index (χ1v) is 4.29. The molecule has 1 aromatic carbocycles. The Hall–Kier alpha value is -0.440. The third-order valence-electron chi connectivity index (χ3n) is 1.39. The molecular formula is C8H7BrF2. The molecule has 0 aliphatic heterocycles. The SMILES string of the molecule is FC(F)c1ccc(CBr)cc1. The zero-order chi connectivity index (χ0) is 8.27. The molecule has 0 aliphatic rings. The van der Waals surface area contributed by atoms with Crippen molar-refractivity contribution in [3.63, 3.8) is 0 Å². The average molecular weight is 221 g/mol. The van der Waals surface area contributed by atoms with Crippen LogP contribution in [0.2, 0.25) is 0 Å². The van der Waals surface area contributed by atoms with Crippen LogP contribution in [-0.2, 0) is 5.33 Å². The standard InChI is InChI=1S/C8H7BrF2/c9-5-6-1-3-7(4-2-6)8(10)11/h1-4,8H,5H2. The van der Waals surface area contributed by atoms with Crippen LogP contribution < -0.4 is 0 Å². The maximum Gasteiger partial charge on any atom is 0.263 e. The van der Waals surface area contributed by atoms with E-state index in [0.717, 1.165) is 5.56 Å². The number of benzene rings is 1. The van der Waals surface area contributed by atoms with Crippen molar-refractivity contribution in [2.24, 2.45) is 0 Å². The summed E-state index contributed by atoms with van der Waals surface area (Å²) in [6, 6.07) is 6.27. The van der Waals surface area contributed by atoms with Gasteiger partial charge in [0.2, 0.25) is 0 Å². The molecule has 11 heavy (non-hydrogen) atoms. The Morgan fingerprint density at radius 2 is 1.73 bits per heavy atom. The van der Waals surface area contributed by atoms with E-state index in [-0.39, 0.29) is 5.56 Å². The number of alkyl halides is 3. The van der Waals surface area contributed by atoms with Crippen molar-refractivity contribution in [2.75, 3.05) is 0 Å². The molecule has 0 spiro atoms. The molecule has 0 saturated heterocycles. The Morgan fingerprint density at radius 1 is 1.18 bits per heavy atom. The van der Waals surface area contributed by atoms with Crippen molar-refractivity contribution in [3.05, 3.63) is 35.4 Å². The van der Waals surface area contributed by atoms with Crippen LogP contribution >= 0.6 is 15.9 Å². The van der Waals surface area contributed by atoms with E-state index in [1.807, 2.05) is 0 Å². The first kappa shape index (κ1) is 8.65. The molecule has 0 radical (unpaired) electrons. The van der Waals surface area contributed by atoms with Gasteiger partial charge in [-0.15, -0.1) is 0 Å². The molecule has 0 amide bonds. The van der Waals surface area contributed by atoms with Crippen LogP contribution in [0.3, 0.4) is 0 Å². The Bertz CT molecular complexity index is 218. The van der Waals surface area contributed by atoms with Crippen molar-refractivity contribution >= 4 is 15.9 Å². The normalized spacial score (nSPS) is 10.5. The second kappa shape index (κ2) is 3.81. The van der Waals surface area contributed by atoms with Gasteiger partial charge >= 0.3 is 0 Å². The fourth-order valence-corrected chi connectivity index (χ4v) is 1.13. The maximum absolute atomic E-state index is 12.0. The molecule has 1 rings (SSSR count). The van der Waals surface area contributed by atoms with Crippen molar-refractivity contribution in [1.29, 1.82) is 0 Å². The molecule has 0 aromatic heterocycles. The minimum Gasteiger partial charge on any atom is -0.205 e.